The lowest BCUT2D eigenvalue weighted by molar-refractivity contribution is 0.659. The number of nitrogens with zero attached hydrogens (tertiary/aromatic N) is 3. The fourth-order valence-electron chi connectivity index (χ4n) is 6.32. The number of hydrogen-bond acceptors (Lipinski definition) is 2. The fourth-order valence-corrected chi connectivity index (χ4v) is 6.32. The Hall–Kier alpha value is -4.76. The van der Waals surface area contributed by atoms with Gasteiger partial charge < -0.3 is 0 Å². The number of benzene rings is 4. The Morgan fingerprint density at radius 1 is 0.579 bits per heavy atom. The molecule has 0 radical (unpaired) electrons. The number of para-hydroxylation sites is 1. The van der Waals surface area contributed by atoms with E-state index in [1.165, 1.54) is 38.4 Å². The molecular formula is C35H25N3. The van der Waals surface area contributed by atoms with Crippen LogP contribution in [0.3, 0.4) is 0 Å². The van der Waals surface area contributed by atoms with Crippen molar-refractivity contribution in [3.05, 3.63) is 127 Å². The molecule has 180 valence electrons. The Morgan fingerprint density at radius 3 is 2.26 bits per heavy atom. The van der Waals surface area contributed by atoms with Gasteiger partial charge in [0, 0.05) is 45.1 Å². The smallest absolute Gasteiger partial charge is 0.137 e. The summed E-state index contributed by atoms with van der Waals surface area (Å²) in [6, 6.07) is 36.9. The van der Waals surface area contributed by atoms with E-state index in [0.717, 1.165) is 33.5 Å². The maximum atomic E-state index is 5.05. The van der Waals surface area contributed by atoms with Gasteiger partial charge in [-0.1, -0.05) is 92.7 Å². The van der Waals surface area contributed by atoms with Gasteiger partial charge in [0.05, 0.1) is 16.7 Å². The minimum Gasteiger partial charge on any atom is -0.294 e. The number of hydrogen-bond donors (Lipinski definition) is 0. The highest BCUT2D eigenvalue weighted by atomic mass is 15.1. The van der Waals surface area contributed by atoms with Gasteiger partial charge in [-0.3, -0.25) is 9.55 Å². The average molecular weight is 488 g/mol. The zero-order chi connectivity index (χ0) is 25.4. The molecule has 0 fully saturated rings. The highest BCUT2D eigenvalue weighted by Crippen LogP contribution is 2.49. The zero-order valence-electron chi connectivity index (χ0n) is 21.3. The number of aromatic nitrogens is 3. The quantitative estimate of drug-likeness (QED) is 0.244. The van der Waals surface area contributed by atoms with E-state index in [1.54, 1.807) is 0 Å². The second kappa shape index (κ2) is 7.62. The van der Waals surface area contributed by atoms with Gasteiger partial charge in [-0.15, -0.1) is 0 Å². The Kier molecular flexibility index (Phi) is 4.28. The summed E-state index contributed by atoms with van der Waals surface area (Å²) in [6.45, 7) is 4.63. The highest BCUT2D eigenvalue weighted by molar-refractivity contribution is 6.10. The highest BCUT2D eigenvalue weighted by Gasteiger charge is 2.36. The summed E-state index contributed by atoms with van der Waals surface area (Å²) < 4.78 is 2.31. The second-order valence-electron chi connectivity index (χ2n) is 10.8. The Bertz CT molecular complexity index is 2060. The molecule has 3 aromatic heterocycles. The normalized spacial score (nSPS) is 13.7. The Labute approximate surface area is 221 Å². The SMILES string of the molecule is CC1(C)c2ccccc2-c2cnc(-n3c4ccccc4c4ccc(-c5cc6ccccc6cn5)cc43)cc21. The summed E-state index contributed by atoms with van der Waals surface area (Å²) in [7, 11) is 0. The largest absolute Gasteiger partial charge is 0.294 e. The van der Waals surface area contributed by atoms with Crippen molar-refractivity contribution in [1.29, 1.82) is 0 Å². The summed E-state index contributed by atoms with van der Waals surface area (Å²) in [5, 5.41) is 4.79. The van der Waals surface area contributed by atoms with Crippen molar-refractivity contribution >= 4 is 32.6 Å². The van der Waals surface area contributed by atoms with Crippen LogP contribution in [0.15, 0.2) is 116 Å². The molecule has 0 N–H and O–H groups in total. The van der Waals surface area contributed by atoms with Crippen LogP contribution in [0.25, 0.3) is 60.8 Å². The maximum Gasteiger partial charge on any atom is 0.137 e. The average Bonchev–Trinajstić information content (AvgIpc) is 3.41. The van der Waals surface area contributed by atoms with Crippen LogP contribution in [-0.4, -0.2) is 14.5 Å². The first-order valence-corrected chi connectivity index (χ1v) is 13.1. The summed E-state index contributed by atoms with van der Waals surface area (Å²) in [5.41, 5.74) is 9.49. The molecule has 0 amide bonds. The summed E-state index contributed by atoms with van der Waals surface area (Å²) >= 11 is 0. The van der Waals surface area contributed by atoms with Crippen molar-refractivity contribution in [2.45, 2.75) is 19.3 Å². The first kappa shape index (κ1) is 21.3. The topological polar surface area (TPSA) is 30.7 Å². The number of rotatable bonds is 2. The summed E-state index contributed by atoms with van der Waals surface area (Å²) in [4.78, 5) is 9.85. The summed E-state index contributed by atoms with van der Waals surface area (Å²) in [6.07, 6.45) is 4.03. The van der Waals surface area contributed by atoms with E-state index in [1.807, 2.05) is 6.20 Å². The molecular weight excluding hydrogens is 462 g/mol. The van der Waals surface area contributed by atoms with E-state index in [0.29, 0.717) is 0 Å². The van der Waals surface area contributed by atoms with Crippen molar-refractivity contribution in [2.75, 3.05) is 0 Å². The lowest BCUT2D eigenvalue weighted by atomic mass is 9.83. The molecule has 0 atom stereocenters. The molecule has 3 nitrogen and oxygen atoms in total. The molecule has 1 aliphatic carbocycles. The van der Waals surface area contributed by atoms with E-state index in [9.17, 15) is 0 Å². The van der Waals surface area contributed by atoms with Crippen LogP contribution >= 0.6 is 0 Å². The molecule has 0 bridgehead atoms. The predicted octanol–water partition coefficient (Wildman–Crippen LogP) is 8.70. The van der Waals surface area contributed by atoms with Gasteiger partial charge in [0.1, 0.15) is 5.82 Å². The molecule has 3 heterocycles. The van der Waals surface area contributed by atoms with Crippen LogP contribution in [0, 0.1) is 0 Å². The van der Waals surface area contributed by atoms with Crippen molar-refractivity contribution in [3.8, 4) is 28.2 Å². The third-order valence-electron chi connectivity index (χ3n) is 8.28. The second-order valence-corrected chi connectivity index (χ2v) is 10.8. The number of fused-ring (bicyclic) bond motifs is 7. The standard InChI is InChI=1S/C35H25N3/c1-35(2)29-13-7-5-11-25(29)28-21-37-34(19-30(28)35)38-32-14-8-6-12-26(32)27-16-15-23(18-33(27)38)31-17-22-9-3-4-10-24(22)20-36-31/h3-21H,1-2H3. The van der Waals surface area contributed by atoms with Crippen molar-refractivity contribution in [3.63, 3.8) is 0 Å². The third-order valence-corrected chi connectivity index (χ3v) is 8.28. The van der Waals surface area contributed by atoms with Crippen molar-refractivity contribution < 1.29 is 0 Å². The van der Waals surface area contributed by atoms with E-state index in [-0.39, 0.29) is 5.41 Å². The lowest BCUT2D eigenvalue weighted by Gasteiger charge is -2.22. The minimum atomic E-state index is -0.0808. The fraction of sp³-hybridized carbons (Fsp3) is 0.0857. The zero-order valence-corrected chi connectivity index (χ0v) is 21.3. The van der Waals surface area contributed by atoms with Gasteiger partial charge in [0.25, 0.3) is 0 Å². The van der Waals surface area contributed by atoms with E-state index in [4.69, 9.17) is 9.97 Å². The van der Waals surface area contributed by atoms with Gasteiger partial charge in [-0.2, -0.15) is 0 Å². The van der Waals surface area contributed by atoms with Gasteiger partial charge in [-0.25, -0.2) is 4.98 Å². The molecule has 3 heteroatoms. The van der Waals surface area contributed by atoms with E-state index < -0.39 is 0 Å². The van der Waals surface area contributed by atoms with Crippen LogP contribution in [0.2, 0.25) is 0 Å². The van der Waals surface area contributed by atoms with Crippen LogP contribution in [0.1, 0.15) is 25.0 Å². The molecule has 0 saturated heterocycles. The van der Waals surface area contributed by atoms with Crippen LogP contribution in [0.4, 0.5) is 0 Å². The summed E-state index contributed by atoms with van der Waals surface area (Å²) in [5.74, 6) is 0.944. The maximum absolute atomic E-state index is 5.05. The first-order chi connectivity index (χ1) is 18.6. The van der Waals surface area contributed by atoms with Gasteiger partial charge >= 0.3 is 0 Å². The molecule has 7 aromatic rings. The Balaban J connectivity index is 1.37. The molecule has 4 aromatic carbocycles. The van der Waals surface area contributed by atoms with E-state index >= 15 is 0 Å². The van der Waals surface area contributed by atoms with Gasteiger partial charge in [0.2, 0.25) is 0 Å². The molecule has 0 unspecified atom stereocenters. The molecule has 0 aliphatic heterocycles. The van der Waals surface area contributed by atoms with Gasteiger partial charge in [0.15, 0.2) is 0 Å². The van der Waals surface area contributed by atoms with E-state index in [2.05, 4.69) is 128 Å². The molecule has 1 aliphatic rings. The minimum absolute atomic E-state index is 0.0808. The molecule has 0 saturated carbocycles. The van der Waals surface area contributed by atoms with Crippen molar-refractivity contribution in [2.24, 2.45) is 0 Å². The van der Waals surface area contributed by atoms with Crippen molar-refractivity contribution in [1.82, 2.24) is 14.5 Å². The van der Waals surface area contributed by atoms with Gasteiger partial charge in [-0.05, 0) is 46.3 Å². The van der Waals surface area contributed by atoms with Crippen LogP contribution in [-0.2, 0) is 5.41 Å². The first-order valence-electron chi connectivity index (χ1n) is 13.1. The van der Waals surface area contributed by atoms with Crippen LogP contribution < -0.4 is 0 Å². The Morgan fingerprint density at radius 2 is 1.34 bits per heavy atom. The molecule has 8 rings (SSSR count). The predicted molar refractivity (Wildman–Crippen MR) is 157 cm³/mol. The molecule has 0 spiro atoms. The number of pyridine rings is 2. The lowest BCUT2D eigenvalue weighted by Crippen LogP contribution is -2.15. The third kappa shape index (κ3) is 2.90. The molecule has 38 heavy (non-hydrogen) atoms. The monoisotopic (exact) mass is 487 g/mol. The van der Waals surface area contributed by atoms with Crippen LogP contribution in [0.5, 0.6) is 0 Å².